The van der Waals surface area contributed by atoms with Crippen molar-refractivity contribution in [3.05, 3.63) is 0 Å². The van der Waals surface area contributed by atoms with E-state index in [1.54, 1.807) is 0 Å². The van der Waals surface area contributed by atoms with Crippen LogP contribution in [0.4, 0.5) is 0 Å². The van der Waals surface area contributed by atoms with Crippen LogP contribution in [-0.4, -0.2) is 52.2 Å². The summed E-state index contributed by atoms with van der Waals surface area (Å²) in [5.41, 5.74) is -0.299. The number of aliphatic hydroxyl groups excluding tert-OH is 1. The van der Waals surface area contributed by atoms with Gasteiger partial charge in [0.15, 0.2) is 0 Å². The number of β-amino-alcohol motifs (C(OH)–C–C–N with tert-alkyl or cyclic N) is 1. The molecule has 0 radical (unpaired) electrons. The van der Waals surface area contributed by atoms with Crippen molar-refractivity contribution in [2.24, 2.45) is 35.0 Å². The zero-order valence-electron chi connectivity index (χ0n) is 18.9. The number of Topliss-reactive ketones (excluding diaryl/α,β-unsaturated/α-hetero) is 1. The summed E-state index contributed by atoms with van der Waals surface area (Å²) < 4.78 is 0. The molecule has 4 rings (SSSR count). The quantitative estimate of drug-likeness (QED) is 0.671. The SMILES string of the molecule is CCC[C@@](C)(O)C[C@@H]1CC[C@@H]2[C@H](CC[C@]3(C)[C@@H](C(=O)CN4CC(O)C4)CC[C@@H]23)C1. The Morgan fingerprint density at radius 3 is 2.62 bits per heavy atom. The van der Waals surface area contributed by atoms with E-state index in [4.69, 9.17) is 0 Å². The monoisotopic (exact) mass is 405 g/mol. The molecule has 1 heterocycles. The van der Waals surface area contributed by atoms with Crippen LogP contribution < -0.4 is 0 Å². The summed E-state index contributed by atoms with van der Waals surface area (Å²) in [6.07, 6.45) is 11.4. The van der Waals surface area contributed by atoms with Gasteiger partial charge in [0.1, 0.15) is 5.78 Å². The average molecular weight is 406 g/mol. The van der Waals surface area contributed by atoms with Gasteiger partial charge in [-0.15, -0.1) is 0 Å². The molecule has 1 saturated heterocycles. The van der Waals surface area contributed by atoms with Gasteiger partial charge in [-0.1, -0.05) is 26.7 Å². The van der Waals surface area contributed by atoms with E-state index in [0.29, 0.717) is 37.3 Å². The van der Waals surface area contributed by atoms with Gasteiger partial charge in [-0.05, 0) is 87.4 Å². The van der Waals surface area contributed by atoms with Gasteiger partial charge in [0, 0.05) is 19.0 Å². The first-order chi connectivity index (χ1) is 13.7. The number of hydrogen-bond acceptors (Lipinski definition) is 4. The van der Waals surface area contributed by atoms with Crippen LogP contribution in [0.5, 0.6) is 0 Å². The number of fused-ring (bicyclic) bond motifs is 3. The van der Waals surface area contributed by atoms with Crippen LogP contribution in [0.2, 0.25) is 0 Å². The second-order valence-corrected chi connectivity index (χ2v) is 11.6. The number of hydrogen-bond donors (Lipinski definition) is 2. The fourth-order valence-electron chi connectivity index (χ4n) is 8.05. The highest BCUT2D eigenvalue weighted by molar-refractivity contribution is 5.84. The maximum Gasteiger partial charge on any atom is 0.150 e. The smallest absolute Gasteiger partial charge is 0.150 e. The summed E-state index contributed by atoms with van der Waals surface area (Å²) in [5.74, 6) is 3.67. The van der Waals surface area contributed by atoms with E-state index in [-0.39, 0.29) is 17.4 Å². The molecule has 1 aliphatic heterocycles. The Labute approximate surface area is 177 Å². The van der Waals surface area contributed by atoms with Gasteiger partial charge in [0.05, 0.1) is 18.2 Å². The molecule has 0 aromatic heterocycles. The summed E-state index contributed by atoms with van der Waals surface area (Å²) in [6, 6.07) is 0. The van der Waals surface area contributed by atoms with Gasteiger partial charge in [-0.25, -0.2) is 0 Å². The third kappa shape index (κ3) is 4.32. The van der Waals surface area contributed by atoms with Gasteiger partial charge < -0.3 is 10.2 Å². The number of ketones is 1. The van der Waals surface area contributed by atoms with Gasteiger partial charge in [-0.2, -0.15) is 0 Å². The van der Waals surface area contributed by atoms with E-state index in [0.717, 1.165) is 37.5 Å². The molecule has 0 amide bonds. The van der Waals surface area contributed by atoms with Crippen molar-refractivity contribution in [1.29, 1.82) is 0 Å². The van der Waals surface area contributed by atoms with Gasteiger partial charge in [0.2, 0.25) is 0 Å². The van der Waals surface area contributed by atoms with Crippen molar-refractivity contribution in [2.45, 2.75) is 96.7 Å². The molecule has 4 fully saturated rings. The Bertz CT molecular complexity index is 599. The normalized spacial score (nSPS) is 42.6. The largest absolute Gasteiger partial charge is 0.390 e. The molecule has 7 atom stereocenters. The van der Waals surface area contributed by atoms with Crippen molar-refractivity contribution >= 4 is 5.78 Å². The molecule has 4 heteroatoms. The third-order valence-electron chi connectivity index (χ3n) is 9.35. The molecule has 166 valence electrons. The molecule has 3 aliphatic carbocycles. The lowest BCUT2D eigenvalue weighted by molar-refractivity contribution is -0.133. The maximum atomic E-state index is 13.1. The highest BCUT2D eigenvalue weighted by Crippen LogP contribution is 2.62. The summed E-state index contributed by atoms with van der Waals surface area (Å²) in [4.78, 5) is 15.2. The van der Waals surface area contributed by atoms with E-state index in [9.17, 15) is 15.0 Å². The van der Waals surface area contributed by atoms with Crippen molar-refractivity contribution in [1.82, 2.24) is 4.90 Å². The molecule has 29 heavy (non-hydrogen) atoms. The first kappa shape index (κ1) is 21.8. The van der Waals surface area contributed by atoms with Gasteiger partial charge in [0.25, 0.3) is 0 Å². The third-order valence-corrected chi connectivity index (χ3v) is 9.35. The molecule has 0 spiro atoms. The van der Waals surface area contributed by atoms with E-state index >= 15 is 0 Å². The number of nitrogens with zero attached hydrogens (tertiary/aromatic N) is 1. The van der Waals surface area contributed by atoms with E-state index in [2.05, 4.69) is 18.7 Å². The first-order valence-electron chi connectivity index (χ1n) is 12.4. The predicted molar refractivity (Wildman–Crippen MR) is 115 cm³/mol. The molecule has 0 aromatic carbocycles. The summed E-state index contributed by atoms with van der Waals surface area (Å²) >= 11 is 0. The van der Waals surface area contributed by atoms with Crippen LogP contribution >= 0.6 is 0 Å². The molecule has 2 N–H and O–H groups in total. The minimum atomic E-state index is -0.495. The number of carbonyl (C=O) groups is 1. The molecule has 0 aromatic rings. The van der Waals surface area contributed by atoms with Crippen molar-refractivity contribution < 1.29 is 15.0 Å². The Hall–Kier alpha value is -0.450. The molecular weight excluding hydrogens is 362 g/mol. The number of aliphatic hydroxyl groups is 2. The summed E-state index contributed by atoms with van der Waals surface area (Å²) in [6.45, 7) is 8.51. The van der Waals surface area contributed by atoms with Crippen molar-refractivity contribution in [3.63, 3.8) is 0 Å². The molecule has 4 aliphatic rings. The molecular formula is C25H43NO3. The van der Waals surface area contributed by atoms with Crippen LogP contribution in [-0.2, 0) is 4.79 Å². The van der Waals surface area contributed by atoms with Crippen molar-refractivity contribution in [3.8, 4) is 0 Å². The highest BCUT2D eigenvalue weighted by atomic mass is 16.3. The Morgan fingerprint density at radius 2 is 1.93 bits per heavy atom. The average Bonchev–Trinajstić information content (AvgIpc) is 2.97. The second kappa shape index (κ2) is 8.24. The van der Waals surface area contributed by atoms with Crippen LogP contribution in [0, 0.1) is 35.0 Å². The molecule has 0 bridgehead atoms. The number of carbonyl (C=O) groups excluding carboxylic acids is 1. The van der Waals surface area contributed by atoms with Crippen LogP contribution in [0.3, 0.4) is 0 Å². The summed E-state index contributed by atoms with van der Waals surface area (Å²) in [5, 5.41) is 20.2. The van der Waals surface area contributed by atoms with Crippen LogP contribution in [0.15, 0.2) is 0 Å². The van der Waals surface area contributed by atoms with E-state index in [1.165, 1.54) is 38.5 Å². The van der Waals surface area contributed by atoms with Gasteiger partial charge in [-0.3, -0.25) is 9.69 Å². The lowest BCUT2D eigenvalue weighted by atomic mass is 9.53. The van der Waals surface area contributed by atoms with E-state index < -0.39 is 5.60 Å². The standard InChI is InChI=1S/C25H43NO3/c1-4-10-24(2,29)13-17-5-6-20-18(12-17)9-11-25(3)21(20)7-8-22(25)23(28)16-26-14-19(27)15-26/h17-22,27,29H,4-16H2,1-3H3/t17-,18-,20-,21+,22-,24-,25+/m1/s1. The highest BCUT2D eigenvalue weighted by Gasteiger charge is 2.56. The lowest BCUT2D eigenvalue weighted by Crippen LogP contribution is -2.54. The number of rotatable bonds is 7. The van der Waals surface area contributed by atoms with Gasteiger partial charge >= 0.3 is 0 Å². The Kier molecular flexibility index (Phi) is 6.18. The fourth-order valence-corrected chi connectivity index (χ4v) is 8.05. The predicted octanol–water partition coefficient (Wildman–Crippen LogP) is 4.03. The number of likely N-dealkylation sites (tertiary alicyclic amines) is 1. The zero-order valence-corrected chi connectivity index (χ0v) is 18.9. The minimum absolute atomic E-state index is 0.197. The summed E-state index contributed by atoms with van der Waals surface area (Å²) in [7, 11) is 0. The van der Waals surface area contributed by atoms with Crippen molar-refractivity contribution in [2.75, 3.05) is 19.6 Å². The topological polar surface area (TPSA) is 60.8 Å². The minimum Gasteiger partial charge on any atom is -0.390 e. The zero-order chi connectivity index (χ0) is 20.8. The first-order valence-corrected chi connectivity index (χ1v) is 12.4. The van der Waals surface area contributed by atoms with E-state index in [1.807, 2.05) is 6.92 Å². The molecule has 0 unspecified atom stereocenters. The molecule has 4 nitrogen and oxygen atoms in total. The van der Waals surface area contributed by atoms with Crippen LogP contribution in [0.25, 0.3) is 0 Å². The maximum absolute atomic E-state index is 13.1. The molecule has 3 saturated carbocycles. The fraction of sp³-hybridized carbons (Fsp3) is 0.960. The second-order valence-electron chi connectivity index (χ2n) is 11.6. The Balaban J connectivity index is 1.36. The Morgan fingerprint density at radius 1 is 1.17 bits per heavy atom. The lowest BCUT2D eigenvalue weighted by Gasteiger charge is -2.52. The van der Waals surface area contributed by atoms with Crippen LogP contribution in [0.1, 0.15) is 85.0 Å².